The summed E-state index contributed by atoms with van der Waals surface area (Å²) in [7, 11) is 3.32. The molecule has 0 bridgehead atoms. The van der Waals surface area contributed by atoms with Gasteiger partial charge >= 0.3 is 0 Å². The molecule has 1 aliphatic carbocycles. The van der Waals surface area contributed by atoms with Crippen LogP contribution in [0.1, 0.15) is 29.2 Å². The fourth-order valence-corrected chi connectivity index (χ4v) is 2.77. The molecule has 5 nitrogen and oxygen atoms in total. The highest BCUT2D eigenvalue weighted by molar-refractivity contribution is 5.55. The van der Waals surface area contributed by atoms with Crippen LogP contribution in [0.2, 0.25) is 0 Å². The molecule has 0 saturated carbocycles. The van der Waals surface area contributed by atoms with Gasteiger partial charge in [0, 0.05) is 12.0 Å². The van der Waals surface area contributed by atoms with E-state index in [1.165, 1.54) is 11.8 Å². The van der Waals surface area contributed by atoms with Crippen molar-refractivity contribution < 1.29 is 14.0 Å². The van der Waals surface area contributed by atoms with Crippen molar-refractivity contribution in [3.8, 4) is 11.5 Å². The molecule has 0 radical (unpaired) electrons. The zero-order valence-corrected chi connectivity index (χ0v) is 11.0. The van der Waals surface area contributed by atoms with Crippen molar-refractivity contribution in [1.82, 2.24) is 5.16 Å². The van der Waals surface area contributed by atoms with Gasteiger partial charge in [-0.1, -0.05) is 5.16 Å². The first-order valence-electron chi connectivity index (χ1n) is 6.19. The zero-order valence-electron chi connectivity index (χ0n) is 11.0. The summed E-state index contributed by atoms with van der Waals surface area (Å²) in [6.07, 6.45) is 3.37. The summed E-state index contributed by atoms with van der Waals surface area (Å²) in [4.78, 5) is 0. The molecule has 0 fully saturated rings. The molecule has 1 unspecified atom stereocenters. The summed E-state index contributed by atoms with van der Waals surface area (Å²) in [5.41, 5.74) is 9.66. The van der Waals surface area contributed by atoms with Crippen molar-refractivity contribution >= 4 is 5.69 Å². The van der Waals surface area contributed by atoms with Crippen molar-refractivity contribution in [2.24, 2.45) is 0 Å². The lowest BCUT2D eigenvalue weighted by Crippen LogP contribution is -2.01. The first-order chi connectivity index (χ1) is 9.24. The maximum absolute atomic E-state index is 5.90. The second kappa shape index (κ2) is 4.50. The number of methoxy groups -OCH3 is 2. The number of nitrogens with zero attached hydrogens (tertiary/aromatic N) is 1. The second-order valence-corrected chi connectivity index (χ2v) is 4.64. The summed E-state index contributed by atoms with van der Waals surface area (Å²) in [6.45, 7) is 0. The van der Waals surface area contributed by atoms with Crippen LogP contribution in [0.3, 0.4) is 0 Å². The maximum atomic E-state index is 5.90. The standard InChI is InChI=1S/C14H16N2O3/c1-17-8-5-11-9(13(6-8)18-2)3-4-10(11)14-12(15)7-19-16-14/h5-7,10H,3-4,15H2,1-2H3. The van der Waals surface area contributed by atoms with Gasteiger partial charge in [-0.25, -0.2) is 0 Å². The number of aromatic nitrogens is 1. The van der Waals surface area contributed by atoms with Gasteiger partial charge in [0.2, 0.25) is 0 Å². The molecule has 2 N–H and O–H groups in total. The Balaban J connectivity index is 2.11. The maximum Gasteiger partial charge on any atom is 0.147 e. The van der Waals surface area contributed by atoms with Crippen LogP contribution in [0.5, 0.6) is 11.5 Å². The molecule has 3 rings (SSSR count). The van der Waals surface area contributed by atoms with Crippen LogP contribution < -0.4 is 15.2 Å². The second-order valence-electron chi connectivity index (χ2n) is 4.64. The van der Waals surface area contributed by atoms with E-state index in [1.807, 2.05) is 12.1 Å². The smallest absolute Gasteiger partial charge is 0.147 e. The number of hydrogen-bond donors (Lipinski definition) is 1. The van der Waals surface area contributed by atoms with E-state index in [9.17, 15) is 0 Å². The number of benzene rings is 1. The third-order valence-corrected chi connectivity index (χ3v) is 3.69. The predicted octanol–water partition coefficient (Wildman–Crippen LogP) is 2.35. The number of fused-ring (bicyclic) bond motifs is 1. The van der Waals surface area contributed by atoms with E-state index < -0.39 is 0 Å². The van der Waals surface area contributed by atoms with Crippen molar-refractivity contribution in [3.63, 3.8) is 0 Å². The topological polar surface area (TPSA) is 70.5 Å². The van der Waals surface area contributed by atoms with Gasteiger partial charge in [-0.2, -0.15) is 0 Å². The molecule has 2 aromatic rings. The van der Waals surface area contributed by atoms with Gasteiger partial charge in [0.1, 0.15) is 23.5 Å². The Kier molecular flexibility index (Phi) is 2.81. The SMILES string of the molecule is COc1cc(OC)c2c(c1)C(c1nocc1N)CC2. The van der Waals surface area contributed by atoms with Crippen molar-refractivity contribution in [3.05, 3.63) is 35.2 Å². The van der Waals surface area contributed by atoms with Gasteiger partial charge in [-0.15, -0.1) is 0 Å². The number of nitrogen functional groups attached to an aromatic ring is 1. The minimum Gasteiger partial charge on any atom is -0.497 e. The monoisotopic (exact) mass is 260 g/mol. The molecule has 100 valence electrons. The molecule has 1 atom stereocenters. The molecule has 5 heteroatoms. The Morgan fingerprint density at radius 3 is 2.79 bits per heavy atom. The molecule has 1 aromatic carbocycles. The third kappa shape index (κ3) is 1.82. The van der Waals surface area contributed by atoms with Crippen molar-refractivity contribution in [2.45, 2.75) is 18.8 Å². The van der Waals surface area contributed by atoms with Crippen molar-refractivity contribution in [2.75, 3.05) is 20.0 Å². The molecule has 0 spiro atoms. The highest BCUT2D eigenvalue weighted by atomic mass is 16.5. The molecule has 0 amide bonds. The summed E-state index contributed by atoms with van der Waals surface area (Å²) < 4.78 is 15.7. The lowest BCUT2D eigenvalue weighted by Gasteiger charge is -2.13. The quantitative estimate of drug-likeness (QED) is 0.917. The van der Waals surface area contributed by atoms with E-state index in [1.54, 1.807) is 14.2 Å². The van der Waals surface area contributed by atoms with Gasteiger partial charge in [-0.3, -0.25) is 0 Å². The number of rotatable bonds is 3. The van der Waals surface area contributed by atoms with E-state index in [-0.39, 0.29) is 5.92 Å². The Labute approximate surface area is 111 Å². The average molecular weight is 260 g/mol. The normalized spacial score (nSPS) is 17.3. The molecular formula is C14H16N2O3. The summed E-state index contributed by atoms with van der Waals surface area (Å²) in [6, 6.07) is 3.94. The minimum atomic E-state index is 0.151. The van der Waals surface area contributed by atoms with E-state index in [4.69, 9.17) is 19.7 Å². The Morgan fingerprint density at radius 1 is 1.32 bits per heavy atom. The molecular weight excluding hydrogens is 244 g/mol. The molecule has 0 saturated heterocycles. The van der Waals surface area contributed by atoms with Gasteiger partial charge in [0.15, 0.2) is 0 Å². The molecule has 1 aliphatic rings. The van der Waals surface area contributed by atoms with Gasteiger partial charge in [0.05, 0.1) is 19.9 Å². The zero-order chi connectivity index (χ0) is 13.4. The lowest BCUT2D eigenvalue weighted by molar-refractivity contribution is 0.391. The first kappa shape index (κ1) is 11.9. The lowest BCUT2D eigenvalue weighted by atomic mass is 9.96. The van der Waals surface area contributed by atoms with E-state index in [0.717, 1.165) is 35.6 Å². The van der Waals surface area contributed by atoms with Crippen LogP contribution >= 0.6 is 0 Å². The number of hydrogen-bond acceptors (Lipinski definition) is 5. The van der Waals surface area contributed by atoms with Crippen LogP contribution in [0.4, 0.5) is 5.69 Å². The number of nitrogens with two attached hydrogens (primary N) is 1. The minimum absolute atomic E-state index is 0.151. The molecule has 1 heterocycles. The number of ether oxygens (including phenoxy) is 2. The van der Waals surface area contributed by atoms with Crippen LogP contribution in [-0.2, 0) is 6.42 Å². The van der Waals surface area contributed by atoms with Crippen LogP contribution in [-0.4, -0.2) is 19.4 Å². The number of anilines is 1. The molecule has 1 aromatic heterocycles. The van der Waals surface area contributed by atoms with E-state index >= 15 is 0 Å². The predicted molar refractivity (Wildman–Crippen MR) is 70.6 cm³/mol. The van der Waals surface area contributed by atoms with Gasteiger partial charge in [-0.05, 0) is 30.0 Å². The first-order valence-corrected chi connectivity index (χ1v) is 6.19. The Bertz CT molecular complexity index is 607. The van der Waals surface area contributed by atoms with Crippen LogP contribution in [0.25, 0.3) is 0 Å². The fraction of sp³-hybridized carbons (Fsp3) is 0.357. The highest BCUT2D eigenvalue weighted by Crippen LogP contribution is 2.45. The van der Waals surface area contributed by atoms with Crippen molar-refractivity contribution in [1.29, 1.82) is 0 Å². The van der Waals surface area contributed by atoms with E-state index in [2.05, 4.69) is 5.16 Å². The molecule has 19 heavy (non-hydrogen) atoms. The summed E-state index contributed by atoms with van der Waals surface area (Å²) in [5, 5.41) is 4.03. The summed E-state index contributed by atoms with van der Waals surface area (Å²) >= 11 is 0. The average Bonchev–Trinajstić information content (AvgIpc) is 3.03. The largest absolute Gasteiger partial charge is 0.497 e. The van der Waals surface area contributed by atoms with Crippen LogP contribution in [0.15, 0.2) is 22.9 Å². The van der Waals surface area contributed by atoms with E-state index in [0.29, 0.717) is 5.69 Å². The Morgan fingerprint density at radius 2 is 2.16 bits per heavy atom. The highest BCUT2D eigenvalue weighted by Gasteiger charge is 2.30. The summed E-state index contributed by atoms with van der Waals surface area (Å²) in [5.74, 6) is 1.79. The fourth-order valence-electron chi connectivity index (χ4n) is 2.77. The van der Waals surface area contributed by atoms with Crippen LogP contribution in [0, 0.1) is 0 Å². The molecule has 0 aliphatic heterocycles. The van der Waals surface area contributed by atoms with Gasteiger partial charge < -0.3 is 19.7 Å². The Hall–Kier alpha value is -2.17. The van der Waals surface area contributed by atoms with Gasteiger partial charge in [0.25, 0.3) is 0 Å². The third-order valence-electron chi connectivity index (χ3n) is 3.69.